The smallest absolute Gasteiger partial charge is 0.309 e. The zero-order valence-electron chi connectivity index (χ0n) is 35.9. The van der Waals surface area contributed by atoms with Crippen molar-refractivity contribution in [2.75, 3.05) is 0 Å². The summed E-state index contributed by atoms with van der Waals surface area (Å²) in [5.41, 5.74) is 8.10. The molecule has 12 aromatic rings. The molecule has 4 nitrogen and oxygen atoms in total. The fraction of sp³-hybridized carbons (Fsp3) is 0.0169. The van der Waals surface area contributed by atoms with Crippen LogP contribution in [0.2, 0.25) is 0 Å². The molecular formula is C59H35F5N4. The van der Waals surface area contributed by atoms with Gasteiger partial charge in [0.2, 0.25) is 0 Å². The number of halogens is 5. The lowest BCUT2D eigenvalue weighted by Crippen LogP contribution is -2.13. The van der Waals surface area contributed by atoms with E-state index < -0.39 is 23.4 Å². The molecule has 4 heterocycles. The molecule has 326 valence electrons. The second-order valence-electron chi connectivity index (χ2n) is 16.8. The molecule has 0 unspecified atom stereocenters. The van der Waals surface area contributed by atoms with E-state index in [1.165, 1.54) is 6.07 Å². The number of aromatic nitrogens is 4. The summed E-state index contributed by atoms with van der Waals surface area (Å²) in [5.74, 6) is -1.73. The quantitative estimate of drug-likeness (QED) is 0.149. The van der Waals surface area contributed by atoms with Gasteiger partial charge in [0, 0.05) is 67.8 Å². The van der Waals surface area contributed by atoms with E-state index in [4.69, 9.17) is 9.97 Å². The van der Waals surface area contributed by atoms with E-state index in [1.54, 1.807) is 33.7 Å². The van der Waals surface area contributed by atoms with Gasteiger partial charge in [-0.3, -0.25) is 9.97 Å². The van der Waals surface area contributed by atoms with Crippen LogP contribution in [0.25, 0.3) is 111 Å². The highest BCUT2D eigenvalue weighted by atomic mass is 19.4. The van der Waals surface area contributed by atoms with Crippen molar-refractivity contribution in [2.24, 2.45) is 0 Å². The molecule has 0 fully saturated rings. The Morgan fingerprint density at radius 3 is 1.25 bits per heavy atom. The lowest BCUT2D eigenvalue weighted by atomic mass is 9.98. The molecule has 0 aliphatic carbocycles. The Labute approximate surface area is 386 Å². The summed E-state index contributed by atoms with van der Waals surface area (Å²) in [7, 11) is 0. The Bertz CT molecular complexity index is 3870. The summed E-state index contributed by atoms with van der Waals surface area (Å²) in [6.45, 7) is 0. The van der Waals surface area contributed by atoms with Gasteiger partial charge in [-0.25, -0.2) is 8.78 Å². The largest absolute Gasteiger partial charge is 0.418 e. The lowest BCUT2D eigenvalue weighted by molar-refractivity contribution is -0.137. The molecule has 68 heavy (non-hydrogen) atoms. The monoisotopic (exact) mass is 894 g/mol. The maximum absolute atomic E-state index is 16.2. The van der Waals surface area contributed by atoms with E-state index in [2.05, 4.69) is 0 Å². The van der Waals surface area contributed by atoms with Gasteiger partial charge >= 0.3 is 6.18 Å². The summed E-state index contributed by atoms with van der Waals surface area (Å²) < 4.78 is 82.7. The van der Waals surface area contributed by atoms with Crippen molar-refractivity contribution >= 4 is 43.6 Å². The first-order valence-electron chi connectivity index (χ1n) is 22.0. The van der Waals surface area contributed by atoms with Crippen LogP contribution in [-0.2, 0) is 6.18 Å². The van der Waals surface area contributed by atoms with Crippen LogP contribution in [0.5, 0.6) is 0 Å². The summed E-state index contributed by atoms with van der Waals surface area (Å²) in [5, 5.41) is 3.05. The van der Waals surface area contributed by atoms with Gasteiger partial charge in [0.25, 0.3) is 0 Å². The molecule has 9 heteroatoms. The molecular weight excluding hydrogens is 860 g/mol. The summed E-state index contributed by atoms with van der Waals surface area (Å²) >= 11 is 0. The molecule has 0 N–H and O–H groups in total. The van der Waals surface area contributed by atoms with E-state index in [-0.39, 0.29) is 22.5 Å². The highest BCUT2D eigenvalue weighted by Crippen LogP contribution is 2.46. The molecule has 0 saturated carbocycles. The predicted octanol–water partition coefficient (Wildman–Crippen LogP) is 16.3. The van der Waals surface area contributed by atoms with Crippen molar-refractivity contribution in [3.63, 3.8) is 0 Å². The van der Waals surface area contributed by atoms with Gasteiger partial charge in [-0.05, 0) is 77.4 Å². The van der Waals surface area contributed by atoms with Crippen molar-refractivity contribution in [1.29, 1.82) is 0 Å². The molecule has 4 aromatic heterocycles. The van der Waals surface area contributed by atoms with Crippen molar-refractivity contribution in [1.82, 2.24) is 19.1 Å². The molecule has 12 rings (SSSR count). The van der Waals surface area contributed by atoms with Crippen molar-refractivity contribution in [3.8, 4) is 67.3 Å². The van der Waals surface area contributed by atoms with Crippen molar-refractivity contribution < 1.29 is 22.0 Å². The van der Waals surface area contributed by atoms with E-state index in [1.807, 2.05) is 158 Å². The topological polar surface area (TPSA) is 35.6 Å². The minimum Gasteiger partial charge on any atom is -0.309 e. The average Bonchev–Trinajstić information content (AvgIpc) is 3.88. The van der Waals surface area contributed by atoms with Crippen LogP contribution < -0.4 is 0 Å². The van der Waals surface area contributed by atoms with Crippen LogP contribution in [-0.4, -0.2) is 19.1 Å². The number of fused-ring (bicyclic) bond motifs is 6. The molecule has 0 saturated heterocycles. The van der Waals surface area contributed by atoms with Gasteiger partial charge in [0.15, 0.2) is 0 Å². The molecule has 0 radical (unpaired) electrons. The number of hydrogen-bond donors (Lipinski definition) is 0. The first kappa shape index (κ1) is 40.8. The number of hydrogen-bond acceptors (Lipinski definition) is 2. The van der Waals surface area contributed by atoms with Crippen LogP contribution in [0.3, 0.4) is 0 Å². The fourth-order valence-corrected chi connectivity index (χ4v) is 9.62. The van der Waals surface area contributed by atoms with Gasteiger partial charge in [-0.2, -0.15) is 13.2 Å². The number of rotatable bonds is 7. The Balaban J connectivity index is 1.11. The second-order valence-corrected chi connectivity index (χ2v) is 16.8. The van der Waals surface area contributed by atoms with Crippen molar-refractivity contribution in [2.45, 2.75) is 6.18 Å². The molecule has 0 spiro atoms. The molecule has 0 aliphatic heterocycles. The molecule has 0 aliphatic rings. The van der Waals surface area contributed by atoms with Crippen LogP contribution >= 0.6 is 0 Å². The summed E-state index contributed by atoms with van der Waals surface area (Å²) in [4.78, 5) is 9.47. The number of benzene rings is 8. The Morgan fingerprint density at radius 1 is 0.338 bits per heavy atom. The maximum Gasteiger partial charge on any atom is 0.418 e. The second kappa shape index (κ2) is 16.0. The lowest BCUT2D eigenvalue weighted by Gasteiger charge is -2.22. The summed E-state index contributed by atoms with van der Waals surface area (Å²) in [6, 6.07) is 59.4. The minimum atomic E-state index is -4.89. The average molecular weight is 895 g/mol. The number of pyridine rings is 2. The standard InChI is InChI=1S/C59H35F5N4/c60-43-27-42(28-44(61)31-43)49-32-58(68-54-18-10-8-16-46(54)48-24-20-39(30-56(48)68)41-22-26-52(66-35-41)37-13-5-2-6-14-37)50(59(62,63)64)33-57(49)67-53-17-9-7-15-45(53)47-23-19-38(29-55(47)67)40-21-25-51(65-34-40)36-11-3-1-4-12-36/h1-35H. The molecule has 0 atom stereocenters. The predicted molar refractivity (Wildman–Crippen MR) is 263 cm³/mol. The SMILES string of the molecule is Fc1cc(F)cc(-c2cc(-n3c4ccccc4c4ccc(-c5ccc(-c6ccccc6)nc5)cc43)c(C(F)(F)F)cc2-n2c3ccccc3c3ccc(-c4ccc(-c5ccccc5)nc4)cc32)c1. The number of nitrogens with zero attached hydrogens (tertiary/aromatic N) is 4. The Kier molecular flexibility index (Phi) is 9.62. The van der Waals surface area contributed by atoms with Gasteiger partial charge in [-0.1, -0.05) is 133 Å². The highest BCUT2D eigenvalue weighted by Gasteiger charge is 2.37. The van der Waals surface area contributed by atoms with Crippen LogP contribution in [0.1, 0.15) is 5.56 Å². The van der Waals surface area contributed by atoms with Gasteiger partial charge < -0.3 is 9.13 Å². The van der Waals surface area contributed by atoms with E-state index >= 15 is 22.0 Å². The van der Waals surface area contributed by atoms with Crippen LogP contribution in [0, 0.1) is 11.6 Å². The first-order chi connectivity index (χ1) is 33.2. The third-order valence-corrected chi connectivity index (χ3v) is 12.8. The third-order valence-electron chi connectivity index (χ3n) is 12.8. The third kappa shape index (κ3) is 6.98. The molecule has 8 aromatic carbocycles. The first-order valence-corrected chi connectivity index (χ1v) is 22.0. The highest BCUT2D eigenvalue weighted by molar-refractivity contribution is 6.12. The van der Waals surface area contributed by atoms with Gasteiger partial charge in [0.05, 0.1) is 50.4 Å². The number of para-hydroxylation sites is 2. The maximum atomic E-state index is 16.2. The van der Waals surface area contributed by atoms with E-state index in [0.717, 1.165) is 90.6 Å². The summed E-state index contributed by atoms with van der Waals surface area (Å²) in [6.07, 6.45) is -1.35. The normalized spacial score (nSPS) is 11.9. The van der Waals surface area contributed by atoms with Crippen molar-refractivity contribution in [3.05, 3.63) is 230 Å². The number of alkyl halides is 3. The van der Waals surface area contributed by atoms with Crippen LogP contribution in [0.15, 0.2) is 213 Å². The van der Waals surface area contributed by atoms with Crippen LogP contribution in [0.4, 0.5) is 22.0 Å². The fourth-order valence-electron chi connectivity index (χ4n) is 9.62. The zero-order chi connectivity index (χ0) is 46.1. The van der Waals surface area contributed by atoms with Gasteiger partial charge in [-0.15, -0.1) is 0 Å². The Morgan fingerprint density at radius 2 is 0.779 bits per heavy atom. The van der Waals surface area contributed by atoms with E-state index in [0.29, 0.717) is 22.1 Å². The minimum absolute atomic E-state index is 0.0706. The van der Waals surface area contributed by atoms with Gasteiger partial charge in [0.1, 0.15) is 11.6 Å². The molecule has 0 amide bonds. The Hall–Kier alpha value is -8.69. The van der Waals surface area contributed by atoms with E-state index in [9.17, 15) is 0 Å². The zero-order valence-corrected chi connectivity index (χ0v) is 35.9. The molecule has 0 bridgehead atoms.